The lowest BCUT2D eigenvalue weighted by atomic mass is 10.3. The quantitative estimate of drug-likeness (QED) is 0.396. The van der Waals surface area contributed by atoms with E-state index in [1.54, 1.807) is 6.92 Å². The van der Waals surface area contributed by atoms with Gasteiger partial charge in [-0.25, -0.2) is 0 Å². The first-order chi connectivity index (χ1) is 5.89. The maximum Gasteiger partial charge on any atom is 0.250 e. The van der Waals surface area contributed by atoms with Gasteiger partial charge in [0.25, 0.3) is 5.91 Å². The first kappa shape index (κ1) is 11.9. The van der Waals surface area contributed by atoms with Crippen molar-refractivity contribution in [2.45, 2.75) is 13.8 Å². The number of rotatable bonds is 4. The third kappa shape index (κ3) is 5.20. The van der Waals surface area contributed by atoms with E-state index >= 15 is 0 Å². The molecule has 0 saturated carbocycles. The average molecular weight is 183 g/mol. The zero-order chi connectivity index (χ0) is 10.5. The summed E-state index contributed by atoms with van der Waals surface area (Å²) in [7, 11) is 4.03. The van der Waals surface area contributed by atoms with Crippen LogP contribution in [0.2, 0.25) is 0 Å². The monoisotopic (exact) mass is 183 g/mol. The number of carbonyl (C=O) groups is 1. The molecule has 0 heterocycles. The predicted molar refractivity (Wildman–Crippen MR) is 54.7 cm³/mol. The van der Waals surface area contributed by atoms with E-state index in [0.717, 1.165) is 0 Å². The number of hydrogen-bond donors (Lipinski definition) is 1. The number of hydrogen-bond acceptors (Lipinski definition) is 1. The highest BCUT2D eigenvalue weighted by molar-refractivity contribution is 5.91. The van der Waals surface area contributed by atoms with Gasteiger partial charge in [0.15, 0.2) is 6.67 Å². The molecule has 0 bridgehead atoms. The van der Waals surface area contributed by atoms with E-state index in [-0.39, 0.29) is 5.91 Å². The molecule has 0 fully saturated rings. The van der Waals surface area contributed by atoms with Crippen LogP contribution in [-0.4, -0.2) is 31.2 Å². The van der Waals surface area contributed by atoms with Crippen molar-refractivity contribution in [1.82, 2.24) is 5.32 Å². The van der Waals surface area contributed by atoms with Gasteiger partial charge in [0.1, 0.15) is 0 Å². The Bertz CT molecular complexity index is 229. The van der Waals surface area contributed by atoms with Crippen molar-refractivity contribution in [3.63, 3.8) is 0 Å². The number of nitrogens with zero attached hydrogens (tertiary/aromatic N) is 1. The Labute approximate surface area is 80.3 Å². The minimum absolute atomic E-state index is 0.0873. The summed E-state index contributed by atoms with van der Waals surface area (Å²) in [5, 5.41) is 2.79. The number of quaternary nitrogens is 1. The standard InChI is InChI=1S/C10H18N2O/c1-6-7-12(4,5)8-11-10(13)9(2)3/h6-7H,2,8H2,1,3-5H3/p+1. The lowest BCUT2D eigenvalue weighted by Crippen LogP contribution is -2.44. The van der Waals surface area contributed by atoms with E-state index < -0.39 is 0 Å². The zero-order valence-electron chi connectivity index (χ0n) is 8.92. The number of nitrogens with one attached hydrogen (secondary N) is 1. The van der Waals surface area contributed by atoms with Crippen LogP contribution in [-0.2, 0) is 4.79 Å². The molecule has 0 unspecified atom stereocenters. The van der Waals surface area contributed by atoms with Crippen LogP contribution in [0.25, 0.3) is 0 Å². The maximum absolute atomic E-state index is 11.1. The highest BCUT2D eigenvalue weighted by atomic mass is 16.1. The molecule has 74 valence electrons. The zero-order valence-corrected chi connectivity index (χ0v) is 8.92. The van der Waals surface area contributed by atoms with Crippen LogP contribution in [0.3, 0.4) is 0 Å². The Kier molecular flexibility index (Phi) is 4.42. The molecular formula is C10H19N2O+. The molecule has 3 heteroatoms. The lowest BCUT2D eigenvalue weighted by molar-refractivity contribution is -0.840. The Morgan fingerprint density at radius 1 is 1.54 bits per heavy atom. The van der Waals surface area contributed by atoms with Crippen molar-refractivity contribution >= 4 is 5.91 Å². The molecule has 0 aliphatic heterocycles. The number of allylic oxidation sites excluding steroid dienone is 1. The van der Waals surface area contributed by atoms with Crippen LogP contribution in [0, 0.1) is 0 Å². The molecule has 0 aromatic rings. The van der Waals surface area contributed by atoms with Gasteiger partial charge in [-0.2, -0.15) is 0 Å². The van der Waals surface area contributed by atoms with E-state index in [0.29, 0.717) is 16.7 Å². The molecule has 0 radical (unpaired) electrons. The molecule has 0 saturated heterocycles. The van der Waals surface area contributed by atoms with Gasteiger partial charge < -0.3 is 5.32 Å². The summed E-state index contributed by atoms with van der Waals surface area (Å²) in [5.74, 6) is -0.0873. The Balaban J connectivity index is 4.02. The summed E-state index contributed by atoms with van der Waals surface area (Å²) < 4.78 is 0.634. The summed E-state index contributed by atoms with van der Waals surface area (Å²) in [6, 6.07) is 0. The molecule has 0 aromatic heterocycles. The van der Waals surface area contributed by atoms with Crippen LogP contribution in [0.1, 0.15) is 13.8 Å². The van der Waals surface area contributed by atoms with Gasteiger partial charge in [0, 0.05) is 5.57 Å². The van der Waals surface area contributed by atoms with Gasteiger partial charge in [-0.15, -0.1) is 0 Å². The first-order valence-corrected chi connectivity index (χ1v) is 4.29. The molecule has 3 nitrogen and oxygen atoms in total. The molecule has 0 rings (SSSR count). The largest absolute Gasteiger partial charge is 0.305 e. The molecule has 1 amide bonds. The second-order valence-corrected chi connectivity index (χ2v) is 3.71. The Hall–Kier alpha value is -1.09. The van der Waals surface area contributed by atoms with E-state index in [4.69, 9.17) is 0 Å². The third-order valence-electron chi connectivity index (χ3n) is 1.59. The molecular weight excluding hydrogens is 164 g/mol. The van der Waals surface area contributed by atoms with Crippen molar-refractivity contribution in [3.8, 4) is 0 Å². The Morgan fingerprint density at radius 2 is 2.08 bits per heavy atom. The van der Waals surface area contributed by atoms with Crippen LogP contribution in [0.5, 0.6) is 0 Å². The van der Waals surface area contributed by atoms with Crippen LogP contribution >= 0.6 is 0 Å². The smallest absolute Gasteiger partial charge is 0.250 e. The molecule has 0 aliphatic rings. The summed E-state index contributed by atoms with van der Waals surface area (Å²) in [6.07, 6.45) is 3.98. The fourth-order valence-corrected chi connectivity index (χ4v) is 0.883. The summed E-state index contributed by atoms with van der Waals surface area (Å²) >= 11 is 0. The van der Waals surface area contributed by atoms with Crippen molar-refractivity contribution in [3.05, 3.63) is 24.4 Å². The van der Waals surface area contributed by atoms with E-state index in [2.05, 4.69) is 11.9 Å². The van der Waals surface area contributed by atoms with Gasteiger partial charge in [0.05, 0.1) is 20.3 Å². The molecule has 0 spiro atoms. The van der Waals surface area contributed by atoms with E-state index in [1.807, 2.05) is 33.3 Å². The second-order valence-electron chi connectivity index (χ2n) is 3.71. The van der Waals surface area contributed by atoms with Crippen LogP contribution < -0.4 is 5.32 Å². The van der Waals surface area contributed by atoms with Crippen molar-refractivity contribution in [2.75, 3.05) is 20.8 Å². The van der Waals surface area contributed by atoms with Gasteiger partial charge in [0.2, 0.25) is 0 Å². The normalized spacial score (nSPS) is 11.7. The van der Waals surface area contributed by atoms with Gasteiger partial charge in [-0.05, 0) is 19.9 Å². The van der Waals surface area contributed by atoms with Crippen LogP contribution in [0.15, 0.2) is 24.4 Å². The SMILES string of the molecule is C=C(C)C(=O)NC[N+](C)(C)C=CC. The highest BCUT2D eigenvalue weighted by Gasteiger charge is 2.11. The molecule has 0 aliphatic carbocycles. The molecule has 13 heavy (non-hydrogen) atoms. The van der Waals surface area contributed by atoms with Gasteiger partial charge in [-0.1, -0.05) is 6.58 Å². The lowest BCUT2D eigenvalue weighted by Gasteiger charge is -2.24. The van der Waals surface area contributed by atoms with Gasteiger partial charge in [-0.3, -0.25) is 9.28 Å². The minimum Gasteiger partial charge on any atom is -0.305 e. The second kappa shape index (κ2) is 4.82. The molecule has 0 atom stereocenters. The van der Waals surface area contributed by atoms with Crippen LogP contribution in [0.4, 0.5) is 0 Å². The first-order valence-electron chi connectivity index (χ1n) is 4.29. The Morgan fingerprint density at radius 3 is 2.46 bits per heavy atom. The molecule has 0 aromatic carbocycles. The molecule has 1 N–H and O–H groups in total. The van der Waals surface area contributed by atoms with Crippen molar-refractivity contribution in [2.24, 2.45) is 0 Å². The number of carbonyl (C=O) groups excluding carboxylic acids is 1. The van der Waals surface area contributed by atoms with Crippen molar-refractivity contribution in [1.29, 1.82) is 0 Å². The summed E-state index contributed by atoms with van der Waals surface area (Å²) in [5.41, 5.74) is 0.542. The minimum atomic E-state index is -0.0873. The fourth-order valence-electron chi connectivity index (χ4n) is 0.883. The highest BCUT2D eigenvalue weighted by Crippen LogP contribution is 1.96. The van der Waals surface area contributed by atoms with Gasteiger partial charge >= 0.3 is 0 Å². The number of amides is 1. The fraction of sp³-hybridized carbons (Fsp3) is 0.500. The average Bonchev–Trinajstić information content (AvgIpc) is 2.00. The predicted octanol–water partition coefficient (Wildman–Crippen LogP) is 1.25. The summed E-state index contributed by atoms with van der Waals surface area (Å²) in [6.45, 7) is 7.80. The maximum atomic E-state index is 11.1. The van der Waals surface area contributed by atoms with E-state index in [1.165, 1.54) is 0 Å². The third-order valence-corrected chi connectivity index (χ3v) is 1.59. The van der Waals surface area contributed by atoms with Crippen molar-refractivity contribution < 1.29 is 9.28 Å². The topological polar surface area (TPSA) is 29.1 Å². The van der Waals surface area contributed by atoms with E-state index in [9.17, 15) is 4.79 Å². The summed E-state index contributed by atoms with van der Waals surface area (Å²) in [4.78, 5) is 11.1.